The minimum atomic E-state index is -0.281. The minimum Gasteiger partial charge on any atom is -0.356 e. The van der Waals surface area contributed by atoms with Crippen LogP contribution >= 0.6 is 0 Å². The van der Waals surface area contributed by atoms with Gasteiger partial charge < -0.3 is 15.1 Å². The monoisotopic (exact) mass is 383 g/mol. The minimum absolute atomic E-state index is 0.0114. The van der Waals surface area contributed by atoms with Gasteiger partial charge in [-0.05, 0) is 36.5 Å². The fraction of sp³-hybridized carbons (Fsp3) is 0.500. The third kappa shape index (κ3) is 4.43. The van der Waals surface area contributed by atoms with E-state index in [0.717, 1.165) is 17.5 Å². The van der Waals surface area contributed by atoms with Gasteiger partial charge in [0, 0.05) is 38.7 Å². The van der Waals surface area contributed by atoms with Gasteiger partial charge in [0.15, 0.2) is 0 Å². The zero-order chi connectivity index (χ0) is 20.1. The second-order valence-electron chi connectivity index (χ2n) is 7.54. The first kappa shape index (κ1) is 20.1. The van der Waals surface area contributed by atoms with Crippen molar-refractivity contribution in [2.24, 2.45) is 5.92 Å². The Morgan fingerprint density at radius 1 is 1.14 bits per heavy atom. The van der Waals surface area contributed by atoms with Crippen molar-refractivity contribution in [2.45, 2.75) is 45.6 Å². The van der Waals surface area contributed by atoms with Crippen LogP contribution in [0.5, 0.6) is 0 Å². The highest BCUT2D eigenvalue weighted by Gasteiger charge is 2.32. The molecule has 3 amide bonds. The van der Waals surface area contributed by atoms with Crippen molar-refractivity contribution in [3.8, 4) is 0 Å². The van der Waals surface area contributed by atoms with Gasteiger partial charge in [0.25, 0.3) is 0 Å². The van der Waals surface area contributed by atoms with Crippen molar-refractivity contribution in [1.82, 2.24) is 15.1 Å². The number of hydrogen-bond donors (Lipinski definition) is 1. The molecule has 2 aliphatic rings. The first-order valence-corrected chi connectivity index (χ1v) is 10.1. The molecule has 150 valence electrons. The van der Waals surface area contributed by atoms with Crippen LogP contribution in [0.1, 0.15) is 56.7 Å². The predicted molar refractivity (Wildman–Crippen MR) is 108 cm³/mol. The molecule has 6 nitrogen and oxygen atoms in total. The Balaban J connectivity index is 1.63. The van der Waals surface area contributed by atoms with Crippen molar-refractivity contribution >= 4 is 23.8 Å². The molecule has 0 radical (unpaired) electrons. The molecule has 2 heterocycles. The molecule has 1 aromatic rings. The highest BCUT2D eigenvalue weighted by atomic mass is 16.2. The summed E-state index contributed by atoms with van der Waals surface area (Å²) in [6.45, 7) is 5.44. The Kier molecular flexibility index (Phi) is 6.49. The molecule has 3 rings (SSSR count). The number of hydrogen-bond acceptors (Lipinski definition) is 3. The normalized spacial score (nSPS) is 19.3. The molecule has 0 aliphatic carbocycles. The molecule has 1 fully saturated rings. The summed E-state index contributed by atoms with van der Waals surface area (Å²) in [7, 11) is 0. The van der Waals surface area contributed by atoms with Crippen LogP contribution in [0.3, 0.4) is 0 Å². The van der Waals surface area contributed by atoms with Crippen LogP contribution in [0.15, 0.2) is 30.5 Å². The Morgan fingerprint density at radius 3 is 2.54 bits per heavy atom. The van der Waals surface area contributed by atoms with Gasteiger partial charge in [-0.25, -0.2) is 0 Å². The SMILES string of the molecule is CCCNC(=O)C1CCN(C(=O)CC2c3ccccc3C=CN2C(C)=O)CC1. The zero-order valence-electron chi connectivity index (χ0n) is 16.7. The molecule has 0 saturated carbocycles. The van der Waals surface area contributed by atoms with Gasteiger partial charge in [0.2, 0.25) is 17.7 Å². The van der Waals surface area contributed by atoms with E-state index in [1.165, 1.54) is 6.92 Å². The van der Waals surface area contributed by atoms with Gasteiger partial charge >= 0.3 is 0 Å². The lowest BCUT2D eigenvalue weighted by atomic mass is 9.92. The summed E-state index contributed by atoms with van der Waals surface area (Å²) in [5.41, 5.74) is 2.05. The summed E-state index contributed by atoms with van der Waals surface area (Å²) in [5, 5.41) is 2.95. The third-order valence-electron chi connectivity index (χ3n) is 5.60. The number of nitrogens with zero attached hydrogens (tertiary/aromatic N) is 2. The second-order valence-corrected chi connectivity index (χ2v) is 7.54. The average Bonchev–Trinajstić information content (AvgIpc) is 2.72. The summed E-state index contributed by atoms with van der Waals surface area (Å²) in [5.74, 6) is 0.0503. The first-order valence-electron chi connectivity index (χ1n) is 10.1. The maximum absolute atomic E-state index is 13.0. The number of amides is 3. The number of benzene rings is 1. The average molecular weight is 383 g/mol. The Morgan fingerprint density at radius 2 is 1.86 bits per heavy atom. The van der Waals surface area contributed by atoms with Gasteiger partial charge in [-0.1, -0.05) is 31.2 Å². The van der Waals surface area contributed by atoms with Crippen LogP contribution in [0, 0.1) is 5.92 Å². The quantitative estimate of drug-likeness (QED) is 0.850. The molecule has 1 unspecified atom stereocenters. The van der Waals surface area contributed by atoms with E-state index >= 15 is 0 Å². The van der Waals surface area contributed by atoms with Crippen LogP contribution in [0.2, 0.25) is 0 Å². The molecule has 28 heavy (non-hydrogen) atoms. The number of carbonyl (C=O) groups excluding carboxylic acids is 3. The maximum Gasteiger partial charge on any atom is 0.225 e. The summed E-state index contributed by atoms with van der Waals surface area (Å²) >= 11 is 0. The van der Waals surface area contributed by atoms with E-state index in [1.807, 2.05) is 42.2 Å². The smallest absolute Gasteiger partial charge is 0.225 e. The zero-order valence-corrected chi connectivity index (χ0v) is 16.7. The summed E-state index contributed by atoms with van der Waals surface area (Å²) in [6, 6.07) is 7.60. The van der Waals surface area contributed by atoms with Crippen molar-refractivity contribution in [1.29, 1.82) is 0 Å². The Hall–Kier alpha value is -2.63. The standard InChI is InChI=1S/C22H29N3O3/c1-3-11-23-22(28)18-8-12-24(13-9-18)21(27)15-20-19-7-5-4-6-17(19)10-14-25(20)16(2)26/h4-7,10,14,18,20H,3,8-9,11-13,15H2,1-2H3,(H,23,28). The van der Waals surface area contributed by atoms with Crippen molar-refractivity contribution in [2.75, 3.05) is 19.6 Å². The van der Waals surface area contributed by atoms with Crippen LogP contribution < -0.4 is 5.32 Å². The van der Waals surface area contributed by atoms with E-state index in [2.05, 4.69) is 5.32 Å². The summed E-state index contributed by atoms with van der Waals surface area (Å²) < 4.78 is 0. The summed E-state index contributed by atoms with van der Waals surface area (Å²) in [6.07, 6.45) is 6.25. The predicted octanol–water partition coefficient (Wildman–Crippen LogP) is 2.72. The molecule has 1 saturated heterocycles. The maximum atomic E-state index is 13.0. The van der Waals surface area contributed by atoms with Crippen molar-refractivity contribution < 1.29 is 14.4 Å². The Labute approximate surface area is 166 Å². The number of fused-ring (bicyclic) bond motifs is 1. The van der Waals surface area contributed by atoms with Crippen LogP contribution in [0.25, 0.3) is 6.08 Å². The molecule has 1 aromatic carbocycles. The highest BCUT2D eigenvalue weighted by molar-refractivity contribution is 5.82. The van der Waals surface area contributed by atoms with E-state index < -0.39 is 0 Å². The van der Waals surface area contributed by atoms with Crippen LogP contribution in [-0.4, -0.2) is 47.2 Å². The number of rotatable bonds is 5. The van der Waals surface area contributed by atoms with E-state index in [4.69, 9.17) is 0 Å². The largest absolute Gasteiger partial charge is 0.356 e. The molecule has 6 heteroatoms. The number of likely N-dealkylation sites (tertiary alicyclic amines) is 1. The molecule has 0 spiro atoms. The fourth-order valence-electron chi connectivity index (χ4n) is 3.99. The van der Waals surface area contributed by atoms with Crippen LogP contribution in [-0.2, 0) is 14.4 Å². The summed E-state index contributed by atoms with van der Waals surface area (Å²) in [4.78, 5) is 40.7. The van der Waals surface area contributed by atoms with E-state index in [1.54, 1.807) is 11.1 Å². The lowest BCUT2D eigenvalue weighted by Gasteiger charge is -2.36. The number of piperidine rings is 1. The van der Waals surface area contributed by atoms with E-state index in [0.29, 0.717) is 32.5 Å². The molecule has 0 bridgehead atoms. The van der Waals surface area contributed by atoms with Gasteiger partial charge in [0.05, 0.1) is 12.5 Å². The highest BCUT2D eigenvalue weighted by Crippen LogP contribution is 2.33. The van der Waals surface area contributed by atoms with E-state index in [9.17, 15) is 14.4 Å². The molecular formula is C22H29N3O3. The number of nitrogens with one attached hydrogen (secondary N) is 1. The third-order valence-corrected chi connectivity index (χ3v) is 5.60. The van der Waals surface area contributed by atoms with Crippen LogP contribution in [0.4, 0.5) is 0 Å². The van der Waals surface area contributed by atoms with Gasteiger partial charge in [0.1, 0.15) is 0 Å². The lowest BCUT2D eigenvalue weighted by Crippen LogP contribution is -2.44. The molecule has 1 N–H and O–H groups in total. The molecule has 2 aliphatic heterocycles. The van der Waals surface area contributed by atoms with Crippen molar-refractivity contribution in [3.05, 3.63) is 41.6 Å². The Bertz CT molecular complexity index is 766. The molecule has 0 aromatic heterocycles. The second kappa shape index (κ2) is 9.04. The lowest BCUT2D eigenvalue weighted by molar-refractivity contribution is -0.138. The van der Waals surface area contributed by atoms with Gasteiger partial charge in [-0.2, -0.15) is 0 Å². The van der Waals surface area contributed by atoms with E-state index in [-0.39, 0.29) is 36.1 Å². The molecular weight excluding hydrogens is 354 g/mol. The molecule has 1 atom stereocenters. The fourth-order valence-corrected chi connectivity index (χ4v) is 3.99. The van der Waals surface area contributed by atoms with Gasteiger partial charge in [-0.15, -0.1) is 0 Å². The topological polar surface area (TPSA) is 69.7 Å². The van der Waals surface area contributed by atoms with Gasteiger partial charge in [-0.3, -0.25) is 14.4 Å². The first-order chi connectivity index (χ1) is 13.5. The van der Waals surface area contributed by atoms with Crippen molar-refractivity contribution in [3.63, 3.8) is 0 Å². The number of carbonyl (C=O) groups is 3.